The summed E-state index contributed by atoms with van der Waals surface area (Å²) in [5.41, 5.74) is 6.57. The molecule has 3 N–H and O–H groups in total. The van der Waals surface area contributed by atoms with Gasteiger partial charge in [-0.3, -0.25) is 4.79 Å². The van der Waals surface area contributed by atoms with Crippen LogP contribution in [0.15, 0.2) is 12.1 Å². The van der Waals surface area contributed by atoms with E-state index in [0.717, 1.165) is 0 Å². The highest BCUT2D eigenvalue weighted by Crippen LogP contribution is 2.26. The van der Waals surface area contributed by atoms with E-state index >= 15 is 0 Å². The Morgan fingerprint density at radius 2 is 2.17 bits per heavy atom. The van der Waals surface area contributed by atoms with Gasteiger partial charge in [0, 0.05) is 25.2 Å². The van der Waals surface area contributed by atoms with Crippen LogP contribution in [0.4, 0.5) is 4.39 Å². The number of carbonyl (C=O) groups is 1. The normalized spacial score (nSPS) is 12.2. The highest BCUT2D eigenvalue weighted by molar-refractivity contribution is 5.73. The number of hydrogen-bond donors (Lipinski definition) is 2. The molecular formula is C12H16FNO4. The van der Waals surface area contributed by atoms with Gasteiger partial charge in [0.15, 0.2) is 0 Å². The van der Waals surface area contributed by atoms with Gasteiger partial charge in [-0.25, -0.2) is 4.39 Å². The molecule has 0 aliphatic rings. The SMILES string of the molecule is COCc1cc(F)cc(OC)c1CC(N)C(=O)O. The molecule has 0 aliphatic heterocycles. The van der Waals surface area contributed by atoms with Crippen LogP contribution in [0.3, 0.4) is 0 Å². The summed E-state index contributed by atoms with van der Waals surface area (Å²) in [6, 6.07) is 1.42. The van der Waals surface area contributed by atoms with E-state index < -0.39 is 17.8 Å². The second kappa shape index (κ2) is 6.32. The minimum atomic E-state index is -1.12. The minimum absolute atomic E-state index is 0.0531. The molecule has 1 aromatic rings. The van der Waals surface area contributed by atoms with Crippen LogP contribution in [0.2, 0.25) is 0 Å². The second-order valence-corrected chi connectivity index (χ2v) is 3.83. The molecular weight excluding hydrogens is 241 g/mol. The lowest BCUT2D eigenvalue weighted by molar-refractivity contribution is -0.138. The van der Waals surface area contributed by atoms with Crippen molar-refractivity contribution in [2.75, 3.05) is 14.2 Å². The summed E-state index contributed by atoms with van der Waals surface area (Å²) < 4.78 is 23.3. The third-order valence-corrected chi connectivity index (χ3v) is 2.53. The maximum absolute atomic E-state index is 13.3. The zero-order chi connectivity index (χ0) is 13.7. The highest BCUT2D eigenvalue weighted by Gasteiger charge is 2.19. The number of rotatable bonds is 6. The standard InChI is InChI=1S/C12H16FNO4/c1-17-6-7-3-8(13)4-11(18-2)9(7)5-10(14)12(15)16/h3-4,10H,5-6,14H2,1-2H3,(H,15,16). The molecule has 0 spiro atoms. The third kappa shape index (κ3) is 3.41. The molecule has 6 heteroatoms. The number of methoxy groups -OCH3 is 2. The van der Waals surface area contributed by atoms with Gasteiger partial charge in [-0.2, -0.15) is 0 Å². The lowest BCUT2D eigenvalue weighted by atomic mass is 9.99. The zero-order valence-electron chi connectivity index (χ0n) is 10.3. The summed E-state index contributed by atoms with van der Waals surface area (Å²) in [4.78, 5) is 10.8. The molecule has 0 aliphatic carbocycles. The quantitative estimate of drug-likeness (QED) is 0.792. The van der Waals surface area contributed by atoms with Gasteiger partial charge < -0.3 is 20.3 Å². The van der Waals surface area contributed by atoms with Crippen LogP contribution in [0.5, 0.6) is 5.75 Å². The van der Waals surface area contributed by atoms with Gasteiger partial charge in [0.25, 0.3) is 0 Å². The van der Waals surface area contributed by atoms with Gasteiger partial charge in [0.2, 0.25) is 0 Å². The first kappa shape index (κ1) is 14.4. The van der Waals surface area contributed by atoms with Crippen molar-refractivity contribution in [3.05, 3.63) is 29.1 Å². The summed E-state index contributed by atoms with van der Waals surface area (Å²) in [5, 5.41) is 8.81. The van der Waals surface area contributed by atoms with E-state index in [0.29, 0.717) is 11.1 Å². The van der Waals surface area contributed by atoms with Crippen molar-refractivity contribution in [3.8, 4) is 5.75 Å². The molecule has 0 saturated carbocycles. The number of benzene rings is 1. The fraction of sp³-hybridized carbons (Fsp3) is 0.417. The van der Waals surface area contributed by atoms with Crippen LogP contribution in [0.1, 0.15) is 11.1 Å². The molecule has 1 atom stereocenters. The van der Waals surface area contributed by atoms with E-state index in [9.17, 15) is 9.18 Å². The Morgan fingerprint density at radius 3 is 2.67 bits per heavy atom. The molecule has 0 amide bonds. The molecule has 0 bridgehead atoms. The predicted octanol–water partition coefficient (Wildman–Crippen LogP) is 0.935. The summed E-state index contributed by atoms with van der Waals surface area (Å²) >= 11 is 0. The van der Waals surface area contributed by atoms with Crippen molar-refractivity contribution in [3.63, 3.8) is 0 Å². The van der Waals surface area contributed by atoms with Crippen molar-refractivity contribution in [2.45, 2.75) is 19.1 Å². The molecule has 5 nitrogen and oxygen atoms in total. The molecule has 1 rings (SSSR count). The fourth-order valence-corrected chi connectivity index (χ4v) is 1.67. The van der Waals surface area contributed by atoms with E-state index in [4.69, 9.17) is 20.3 Å². The number of ether oxygens (including phenoxy) is 2. The summed E-state index contributed by atoms with van der Waals surface area (Å²) in [6.07, 6.45) is 0.0531. The summed E-state index contributed by atoms with van der Waals surface area (Å²) in [7, 11) is 2.86. The van der Waals surface area contributed by atoms with Crippen LogP contribution in [0.25, 0.3) is 0 Å². The molecule has 0 saturated heterocycles. The monoisotopic (exact) mass is 257 g/mol. The van der Waals surface area contributed by atoms with Crippen LogP contribution in [-0.2, 0) is 22.6 Å². The van der Waals surface area contributed by atoms with Gasteiger partial charge in [-0.05, 0) is 11.6 Å². The van der Waals surface area contributed by atoms with Crippen molar-refractivity contribution in [1.82, 2.24) is 0 Å². The van der Waals surface area contributed by atoms with Crippen molar-refractivity contribution in [2.24, 2.45) is 5.73 Å². The average molecular weight is 257 g/mol. The summed E-state index contributed by atoms with van der Waals surface area (Å²) in [6.45, 7) is 0.162. The van der Waals surface area contributed by atoms with Gasteiger partial charge in [-0.15, -0.1) is 0 Å². The highest BCUT2D eigenvalue weighted by atomic mass is 19.1. The summed E-state index contributed by atoms with van der Waals surface area (Å²) in [5.74, 6) is -1.31. The number of halogens is 1. The van der Waals surface area contributed by atoms with Crippen molar-refractivity contribution in [1.29, 1.82) is 0 Å². The van der Waals surface area contributed by atoms with Crippen LogP contribution < -0.4 is 10.5 Å². The number of hydrogen-bond acceptors (Lipinski definition) is 4. The lowest BCUT2D eigenvalue weighted by Gasteiger charge is -2.15. The van der Waals surface area contributed by atoms with E-state index in [-0.39, 0.29) is 18.8 Å². The number of aliphatic carboxylic acids is 1. The fourth-order valence-electron chi connectivity index (χ4n) is 1.67. The van der Waals surface area contributed by atoms with E-state index in [2.05, 4.69) is 0 Å². The Kier molecular flexibility index (Phi) is 5.06. The first-order valence-corrected chi connectivity index (χ1v) is 5.32. The lowest BCUT2D eigenvalue weighted by Crippen LogP contribution is -2.32. The maximum Gasteiger partial charge on any atom is 0.320 e. The van der Waals surface area contributed by atoms with Gasteiger partial charge >= 0.3 is 5.97 Å². The number of nitrogens with two attached hydrogens (primary N) is 1. The Labute approximate surface area is 104 Å². The number of carboxylic acids is 1. The molecule has 18 heavy (non-hydrogen) atoms. The first-order chi connectivity index (χ1) is 8.49. The third-order valence-electron chi connectivity index (χ3n) is 2.53. The largest absolute Gasteiger partial charge is 0.496 e. The van der Waals surface area contributed by atoms with Gasteiger partial charge in [0.1, 0.15) is 17.6 Å². The van der Waals surface area contributed by atoms with E-state index in [1.807, 2.05) is 0 Å². The van der Waals surface area contributed by atoms with Crippen LogP contribution >= 0.6 is 0 Å². The van der Waals surface area contributed by atoms with Crippen LogP contribution in [0, 0.1) is 5.82 Å². The predicted molar refractivity (Wildman–Crippen MR) is 63.0 cm³/mol. The Balaban J connectivity index is 3.15. The Morgan fingerprint density at radius 1 is 1.50 bits per heavy atom. The van der Waals surface area contributed by atoms with E-state index in [1.54, 1.807) is 0 Å². The average Bonchev–Trinajstić information content (AvgIpc) is 2.31. The molecule has 1 unspecified atom stereocenters. The molecule has 100 valence electrons. The number of carboxylic acid groups (broad SMARTS) is 1. The van der Waals surface area contributed by atoms with Crippen molar-refractivity contribution >= 4 is 5.97 Å². The Hall–Kier alpha value is -1.66. The zero-order valence-corrected chi connectivity index (χ0v) is 10.3. The minimum Gasteiger partial charge on any atom is -0.496 e. The molecule has 1 aromatic carbocycles. The second-order valence-electron chi connectivity index (χ2n) is 3.83. The molecule has 0 radical (unpaired) electrons. The van der Waals surface area contributed by atoms with Crippen molar-refractivity contribution < 1.29 is 23.8 Å². The molecule has 0 fully saturated rings. The maximum atomic E-state index is 13.3. The van der Waals surface area contributed by atoms with Crippen LogP contribution in [-0.4, -0.2) is 31.3 Å². The van der Waals surface area contributed by atoms with Gasteiger partial charge in [0.05, 0.1) is 13.7 Å². The molecule has 0 heterocycles. The topological polar surface area (TPSA) is 81.8 Å². The first-order valence-electron chi connectivity index (χ1n) is 5.32. The van der Waals surface area contributed by atoms with E-state index in [1.165, 1.54) is 26.4 Å². The Bertz CT molecular complexity index is 436. The smallest absolute Gasteiger partial charge is 0.320 e. The van der Waals surface area contributed by atoms with Gasteiger partial charge in [-0.1, -0.05) is 0 Å². The molecule has 0 aromatic heterocycles.